The summed E-state index contributed by atoms with van der Waals surface area (Å²) in [6.45, 7) is 0.592. The van der Waals surface area contributed by atoms with Crippen LogP contribution in [0.2, 0.25) is 0 Å². The second-order valence-corrected chi connectivity index (χ2v) is 8.76. The lowest BCUT2D eigenvalue weighted by Crippen LogP contribution is -2.56. The molecule has 0 amide bonds. The van der Waals surface area contributed by atoms with Crippen molar-refractivity contribution < 1.29 is 18.3 Å². The fourth-order valence-electron chi connectivity index (χ4n) is 5.98. The van der Waals surface area contributed by atoms with E-state index in [1.165, 1.54) is 0 Å². The maximum absolute atomic E-state index is 12.9. The number of likely N-dealkylation sites (tertiary alicyclic amines) is 1. The molecule has 0 spiro atoms. The first-order valence-corrected chi connectivity index (χ1v) is 9.49. The van der Waals surface area contributed by atoms with Gasteiger partial charge in [0.15, 0.2) is 6.19 Å². The summed E-state index contributed by atoms with van der Waals surface area (Å²) in [7, 11) is 0. The zero-order valence-corrected chi connectivity index (χ0v) is 14.7. The number of amidine groups is 1. The maximum Gasteiger partial charge on any atom is 0.393 e. The van der Waals surface area contributed by atoms with Crippen LogP contribution in [-0.2, 0) is 0 Å². The number of hydrogen-bond donors (Lipinski definition) is 2. The van der Waals surface area contributed by atoms with Gasteiger partial charge in [0.05, 0.1) is 24.1 Å². The van der Waals surface area contributed by atoms with Gasteiger partial charge in [0, 0.05) is 6.54 Å². The topological polar surface area (TPSA) is 71.7 Å². The Morgan fingerprint density at radius 2 is 1.96 bits per heavy atom. The molecule has 0 radical (unpaired) electrons. The fourth-order valence-corrected chi connectivity index (χ4v) is 5.98. The molecule has 2 N–H and O–H groups in total. The Morgan fingerprint density at radius 3 is 2.50 bits per heavy atom. The first kappa shape index (κ1) is 18.1. The van der Waals surface area contributed by atoms with Crippen molar-refractivity contribution in [2.75, 3.05) is 19.6 Å². The molecule has 3 unspecified atom stereocenters. The molecule has 4 saturated carbocycles. The number of hydrogen-bond acceptors (Lipinski definition) is 4. The first-order chi connectivity index (χ1) is 12.3. The Balaban J connectivity index is 1.45. The minimum atomic E-state index is -4.16. The van der Waals surface area contributed by atoms with E-state index in [9.17, 15) is 18.3 Å². The molecule has 144 valence electrons. The molecular weight excluding hydrogens is 345 g/mol. The summed E-state index contributed by atoms with van der Waals surface area (Å²) in [5, 5.41) is 22.3. The van der Waals surface area contributed by atoms with Crippen molar-refractivity contribution in [1.82, 2.24) is 10.2 Å². The van der Waals surface area contributed by atoms with Gasteiger partial charge in [-0.05, 0) is 62.8 Å². The van der Waals surface area contributed by atoms with Crippen molar-refractivity contribution in [1.29, 1.82) is 5.26 Å². The number of nitrogens with zero attached hydrogens (tertiary/aromatic N) is 3. The number of aliphatic imine (C=N–C) groups is 1. The van der Waals surface area contributed by atoms with E-state index in [1.807, 2.05) is 6.19 Å². The van der Waals surface area contributed by atoms with Crippen molar-refractivity contribution >= 4 is 5.84 Å². The summed E-state index contributed by atoms with van der Waals surface area (Å²) >= 11 is 0. The molecular formula is C18H25F3N4O. The number of nitrogens with one attached hydrogen (secondary N) is 1. The van der Waals surface area contributed by atoms with E-state index in [0.717, 1.165) is 32.1 Å². The molecule has 4 bridgehead atoms. The van der Waals surface area contributed by atoms with E-state index in [0.29, 0.717) is 30.1 Å². The Hall–Kier alpha value is -1.33. The van der Waals surface area contributed by atoms with E-state index in [4.69, 9.17) is 10.3 Å². The summed E-state index contributed by atoms with van der Waals surface area (Å²) in [6.07, 6.45) is 2.36. The molecule has 1 aliphatic heterocycles. The number of nitriles is 1. The molecule has 0 aromatic carbocycles. The average Bonchev–Trinajstić information content (AvgIpc) is 2.98. The second kappa shape index (κ2) is 6.38. The lowest BCUT2D eigenvalue weighted by Gasteiger charge is -2.57. The smallest absolute Gasteiger partial charge is 0.390 e. The lowest BCUT2D eigenvalue weighted by atomic mass is 9.52. The van der Waals surface area contributed by atoms with Crippen molar-refractivity contribution in [2.24, 2.45) is 28.7 Å². The summed E-state index contributed by atoms with van der Waals surface area (Å²) in [5.41, 5.74) is -0.541. The van der Waals surface area contributed by atoms with E-state index in [-0.39, 0.29) is 25.6 Å². The molecule has 5 rings (SSSR count). The van der Waals surface area contributed by atoms with Crippen LogP contribution >= 0.6 is 0 Å². The van der Waals surface area contributed by atoms with Crippen molar-refractivity contribution in [3.63, 3.8) is 0 Å². The maximum atomic E-state index is 12.9. The summed E-state index contributed by atoms with van der Waals surface area (Å²) < 4.78 is 38.6. The van der Waals surface area contributed by atoms with Gasteiger partial charge in [0.2, 0.25) is 0 Å². The quantitative estimate of drug-likeness (QED) is 0.346. The lowest BCUT2D eigenvalue weighted by molar-refractivity contribution is -0.170. The Labute approximate surface area is 151 Å². The third kappa shape index (κ3) is 3.44. The molecule has 0 aromatic rings. The second-order valence-electron chi connectivity index (χ2n) is 8.76. The van der Waals surface area contributed by atoms with Gasteiger partial charge in [-0.25, -0.2) is 0 Å². The van der Waals surface area contributed by atoms with Gasteiger partial charge >= 0.3 is 6.18 Å². The van der Waals surface area contributed by atoms with Crippen molar-refractivity contribution in [2.45, 2.75) is 56.3 Å². The van der Waals surface area contributed by atoms with Crippen LogP contribution in [0.5, 0.6) is 0 Å². The molecule has 4 aliphatic carbocycles. The normalized spacial score (nSPS) is 42.9. The van der Waals surface area contributed by atoms with Crippen LogP contribution < -0.4 is 5.32 Å². The van der Waals surface area contributed by atoms with Crippen LogP contribution in [0.4, 0.5) is 13.2 Å². The average molecular weight is 370 g/mol. The molecule has 1 heterocycles. The van der Waals surface area contributed by atoms with E-state index >= 15 is 0 Å². The van der Waals surface area contributed by atoms with Crippen molar-refractivity contribution in [3.05, 3.63) is 0 Å². The summed E-state index contributed by atoms with van der Waals surface area (Å²) in [6, 6.07) is 0.0729. The summed E-state index contributed by atoms with van der Waals surface area (Å²) in [5.74, 6) is 0.398. The zero-order chi connectivity index (χ0) is 18.5. The highest BCUT2D eigenvalue weighted by Gasteiger charge is 2.55. The predicted molar refractivity (Wildman–Crippen MR) is 89.1 cm³/mol. The highest BCUT2D eigenvalue weighted by atomic mass is 19.4. The van der Waals surface area contributed by atoms with Gasteiger partial charge in [0.25, 0.3) is 0 Å². The van der Waals surface area contributed by atoms with Crippen LogP contribution in [-0.4, -0.2) is 53.3 Å². The minimum absolute atomic E-state index is 0.0328. The van der Waals surface area contributed by atoms with Gasteiger partial charge in [-0.15, -0.1) is 0 Å². The molecule has 0 aromatic heterocycles. The predicted octanol–water partition coefficient (Wildman–Crippen LogP) is 2.28. The van der Waals surface area contributed by atoms with Gasteiger partial charge in [-0.3, -0.25) is 15.2 Å². The van der Waals surface area contributed by atoms with E-state index < -0.39 is 17.7 Å². The third-order valence-electron chi connectivity index (χ3n) is 6.80. The molecule has 3 atom stereocenters. The minimum Gasteiger partial charge on any atom is -0.390 e. The monoisotopic (exact) mass is 370 g/mol. The van der Waals surface area contributed by atoms with Crippen LogP contribution in [0.1, 0.15) is 38.5 Å². The number of rotatable bonds is 3. The number of aliphatic hydroxyl groups is 1. The van der Waals surface area contributed by atoms with E-state index in [1.54, 1.807) is 4.90 Å². The number of halogens is 3. The highest BCUT2D eigenvalue weighted by molar-refractivity contribution is 5.85. The zero-order valence-electron chi connectivity index (χ0n) is 14.7. The van der Waals surface area contributed by atoms with E-state index in [2.05, 4.69) is 5.32 Å². The molecule has 8 heteroatoms. The Morgan fingerprint density at radius 1 is 1.27 bits per heavy atom. The van der Waals surface area contributed by atoms with Gasteiger partial charge in [-0.2, -0.15) is 18.4 Å². The Bertz CT molecular complexity index is 613. The molecule has 1 saturated heterocycles. The van der Waals surface area contributed by atoms with Gasteiger partial charge in [0.1, 0.15) is 5.84 Å². The Kier molecular flexibility index (Phi) is 4.43. The fraction of sp³-hybridized carbons (Fsp3) is 0.889. The van der Waals surface area contributed by atoms with Gasteiger partial charge in [-0.1, -0.05) is 0 Å². The SMILES string of the molecule is N#CNC(CN1CCC(C(F)(F)F)C1)=NC1C2CC3CC1CC(O)(C3)C2. The number of alkyl halides is 3. The van der Waals surface area contributed by atoms with Crippen LogP contribution in [0.25, 0.3) is 0 Å². The van der Waals surface area contributed by atoms with Crippen LogP contribution in [0.3, 0.4) is 0 Å². The molecule has 5 nitrogen and oxygen atoms in total. The van der Waals surface area contributed by atoms with Crippen molar-refractivity contribution in [3.8, 4) is 6.19 Å². The third-order valence-corrected chi connectivity index (χ3v) is 6.80. The van der Waals surface area contributed by atoms with Crippen LogP contribution in [0.15, 0.2) is 4.99 Å². The first-order valence-electron chi connectivity index (χ1n) is 9.49. The summed E-state index contributed by atoms with van der Waals surface area (Å²) in [4.78, 5) is 6.52. The largest absolute Gasteiger partial charge is 0.393 e. The standard InChI is InChI=1S/C18H25F3N4O/c19-18(20,21)14-1-2-25(8-14)9-15(23-10-22)24-16-12-3-11-4-13(16)7-17(26,5-11)6-12/h11-14,16,26H,1-9H2,(H,23,24). The molecule has 5 fully saturated rings. The molecule has 26 heavy (non-hydrogen) atoms. The van der Waals surface area contributed by atoms with Gasteiger partial charge < -0.3 is 5.11 Å². The molecule has 5 aliphatic rings. The van der Waals surface area contributed by atoms with Crippen LogP contribution in [0, 0.1) is 35.1 Å². The highest BCUT2D eigenvalue weighted by Crippen LogP contribution is 2.56.